The third-order valence-electron chi connectivity index (χ3n) is 4.87. The predicted molar refractivity (Wildman–Crippen MR) is 110 cm³/mol. The Balaban J connectivity index is 1.59. The van der Waals surface area contributed by atoms with Crippen LogP contribution >= 0.6 is 11.3 Å². The first-order valence-corrected chi connectivity index (χ1v) is 10.8. The van der Waals surface area contributed by atoms with Gasteiger partial charge in [0, 0.05) is 31.1 Å². The Morgan fingerprint density at radius 3 is 3.07 bits per heavy atom. The first-order chi connectivity index (χ1) is 13.1. The number of carbonyl (C=O) groups excluding carboxylic acids is 1. The first-order valence-electron chi connectivity index (χ1n) is 9.96. The molecule has 27 heavy (non-hydrogen) atoms. The molecule has 1 N–H and O–H groups in total. The fourth-order valence-electron chi connectivity index (χ4n) is 3.45. The minimum Gasteiger partial charge on any atom is -0.379 e. The van der Waals surface area contributed by atoms with Gasteiger partial charge in [0.15, 0.2) is 0 Å². The average Bonchev–Trinajstić information content (AvgIpc) is 3.11. The zero-order valence-electron chi connectivity index (χ0n) is 16.5. The van der Waals surface area contributed by atoms with Gasteiger partial charge in [0.05, 0.1) is 17.4 Å². The number of rotatable bonds is 8. The Kier molecular flexibility index (Phi) is 7.01. The number of ether oxygens (including phenoxy) is 1. The van der Waals surface area contributed by atoms with Crippen LogP contribution in [-0.2, 0) is 16.0 Å². The van der Waals surface area contributed by atoms with E-state index in [-0.39, 0.29) is 17.9 Å². The Morgan fingerprint density at radius 2 is 2.30 bits per heavy atom. The van der Waals surface area contributed by atoms with E-state index in [9.17, 15) is 4.79 Å². The predicted octanol–water partition coefficient (Wildman–Crippen LogP) is 3.40. The highest BCUT2D eigenvalue weighted by molar-refractivity contribution is 7.18. The Labute approximate surface area is 165 Å². The van der Waals surface area contributed by atoms with Crippen LogP contribution in [0.25, 0.3) is 10.2 Å². The lowest BCUT2D eigenvalue weighted by atomic mass is 9.97. The van der Waals surface area contributed by atoms with Gasteiger partial charge in [-0.25, -0.2) is 9.97 Å². The smallest absolute Gasteiger partial charge is 0.224 e. The highest BCUT2D eigenvalue weighted by atomic mass is 32.1. The van der Waals surface area contributed by atoms with Gasteiger partial charge >= 0.3 is 0 Å². The number of anilines is 1. The van der Waals surface area contributed by atoms with Crippen molar-refractivity contribution in [2.75, 3.05) is 31.1 Å². The molecule has 0 saturated carbocycles. The van der Waals surface area contributed by atoms with Crippen LogP contribution < -0.4 is 10.2 Å². The number of fused-ring (bicyclic) bond motifs is 1. The lowest BCUT2D eigenvalue weighted by Crippen LogP contribution is -2.43. The molecule has 0 spiro atoms. The number of piperidine rings is 1. The molecule has 0 bridgehead atoms. The molecule has 1 aliphatic heterocycles. The zero-order chi connectivity index (χ0) is 19.2. The van der Waals surface area contributed by atoms with Crippen LogP contribution in [0.5, 0.6) is 0 Å². The number of aryl methyl sites for hydroxylation is 1. The van der Waals surface area contributed by atoms with Crippen molar-refractivity contribution in [3.8, 4) is 0 Å². The number of nitrogens with one attached hydrogen (secondary N) is 1. The Hall–Kier alpha value is -1.73. The maximum Gasteiger partial charge on any atom is 0.224 e. The van der Waals surface area contributed by atoms with Crippen LogP contribution in [0.2, 0.25) is 0 Å². The van der Waals surface area contributed by atoms with Crippen LogP contribution in [0.1, 0.15) is 44.9 Å². The van der Waals surface area contributed by atoms with Gasteiger partial charge < -0.3 is 15.0 Å². The van der Waals surface area contributed by atoms with Crippen LogP contribution in [0.3, 0.4) is 0 Å². The molecule has 3 heterocycles. The molecule has 0 aromatic carbocycles. The largest absolute Gasteiger partial charge is 0.379 e. The summed E-state index contributed by atoms with van der Waals surface area (Å²) in [5, 5.41) is 4.19. The summed E-state index contributed by atoms with van der Waals surface area (Å²) in [6.45, 7) is 9.22. The van der Waals surface area contributed by atoms with Gasteiger partial charge in [0.1, 0.15) is 17.0 Å². The molecule has 148 valence electrons. The van der Waals surface area contributed by atoms with Crippen molar-refractivity contribution in [1.29, 1.82) is 0 Å². The summed E-state index contributed by atoms with van der Waals surface area (Å²) in [6.07, 6.45) is 5.68. The highest BCUT2D eigenvalue weighted by Crippen LogP contribution is 2.32. The van der Waals surface area contributed by atoms with E-state index in [1.165, 1.54) is 4.88 Å². The molecule has 1 amide bonds. The molecule has 3 rings (SSSR count). The fourth-order valence-corrected chi connectivity index (χ4v) is 4.38. The summed E-state index contributed by atoms with van der Waals surface area (Å²) < 4.78 is 5.52. The lowest BCUT2D eigenvalue weighted by Gasteiger charge is -2.33. The van der Waals surface area contributed by atoms with E-state index < -0.39 is 0 Å². The van der Waals surface area contributed by atoms with Crippen molar-refractivity contribution in [1.82, 2.24) is 15.3 Å². The second-order valence-electron chi connectivity index (χ2n) is 7.33. The van der Waals surface area contributed by atoms with Crippen molar-refractivity contribution in [2.24, 2.45) is 5.92 Å². The number of carbonyl (C=O) groups is 1. The van der Waals surface area contributed by atoms with E-state index in [4.69, 9.17) is 4.74 Å². The Bertz CT molecular complexity index is 762. The minimum atomic E-state index is 0.0130. The number of hydrogen-bond acceptors (Lipinski definition) is 6. The van der Waals surface area contributed by atoms with E-state index in [0.717, 1.165) is 54.8 Å². The summed E-state index contributed by atoms with van der Waals surface area (Å²) in [5.74, 6) is 1.13. The highest BCUT2D eigenvalue weighted by Gasteiger charge is 2.27. The van der Waals surface area contributed by atoms with Crippen molar-refractivity contribution < 1.29 is 9.53 Å². The quantitative estimate of drug-likeness (QED) is 0.700. The maximum atomic E-state index is 12.6. The summed E-state index contributed by atoms with van der Waals surface area (Å²) >= 11 is 1.73. The lowest BCUT2D eigenvalue weighted by molar-refractivity contribution is -0.125. The number of nitrogens with zero attached hydrogens (tertiary/aromatic N) is 3. The summed E-state index contributed by atoms with van der Waals surface area (Å²) in [6, 6.07) is 2.20. The SMILES string of the molecule is CCc1cc2c(N3CCCC(C(=O)NCCCOC(C)C)C3)ncnc2s1. The normalized spacial score (nSPS) is 17.6. The molecule has 1 atom stereocenters. The van der Waals surface area contributed by atoms with Gasteiger partial charge in [-0.1, -0.05) is 6.92 Å². The molecule has 1 fully saturated rings. The molecule has 7 heteroatoms. The average molecular weight is 391 g/mol. The minimum absolute atomic E-state index is 0.0130. The molecule has 6 nitrogen and oxygen atoms in total. The van der Waals surface area contributed by atoms with Crippen molar-refractivity contribution in [3.05, 3.63) is 17.3 Å². The molecule has 0 radical (unpaired) electrons. The van der Waals surface area contributed by atoms with E-state index in [1.807, 2.05) is 13.8 Å². The van der Waals surface area contributed by atoms with E-state index in [2.05, 4.69) is 33.2 Å². The van der Waals surface area contributed by atoms with Crippen molar-refractivity contribution >= 4 is 33.3 Å². The maximum absolute atomic E-state index is 12.6. The number of thiophene rings is 1. The molecule has 1 unspecified atom stereocenters. The van der Waals surface area contributed by atoms with Gasteiger partial charge in [-0.2, -0.15) is 0 Å². The Morgan fingerprint density at radius 1 is 1.44 bits per heavy atom. The molecule has 2 aromatic heterocycles. The molecule has 1 aliphatic rings. The van der Waals surface area contributed by atoms with Gasteiger partial charge in [0.2, 0.25) is 5.91 Å². The fraction of sp³-hybridized carbons (Fsp3) is 0.650. The van der Waals surface area contributed by atoms with Crippen LogP contribution in [0, 0.1) is 5.92 Å². The van der Waals surface area contributed by atoms with E-state index in [1.54, 1.807) is 17.7 Å². The van der Waals surface area contributed by atoms with Crippen molar-refractivity contribution in [2.45, 2.75) is 52.6 Å². The third kappa shape index (κ3) is 5.17. The van der Waals surface area contributed by atoms with Gasteiger partial charge in [-0.15, -0.1) is 11.3 Å². The topological polar surface area (TPSA) is 67.4 Å². The summed E-state index contributed by atoms with van der Waals surface area (Å²) in [5.41, 5.74) is 0. The molecule has 0 aliphatic carbocycles. The molecular formula is C20H30N4O2S. The molecule has 2 aromatic rings. The second kappa shape index (κ2) is 9.46. The van der Waals surface area contributed by atoms with Gasteiger partial charge in [0.25, 0.3) is 0 Å². The third-order valence-corrected chi connectivity index (χ3v) is 6.06. The zero-order valence-corrected chi connectivity index (χ0v) is 17.3. The van der Waals surface area contributed by atoms with Gasteiger partial charge in [-0.05, 0) is 45.6 Å². The monoisotopic (exact) mass is 390 g/mol. The first kappa shape index (κ1) is 20.0. The second-order valence-corrected chi connectivity index (χ2v) is 8.45. The van der Waals surface area contributed by atoms with Crippen LogP contribution in [-0.4, -0.2) is 48.2 Å². The van der Waals surface area contributed by atoms with Gasteiger partial charge in [-0.3, -0.25) is 4.79 Å². The van der Waals surface area contributed by atoms with Crippen LogP contribution in [0.15, 0.2) is 12.4 Å². The molecular weight excluding hydrogens is 360 g/mol. The summed E-state index contributed by atoms with van der Waals surface area (Å²) in [4.78, 5) is 26.2. The van der Waals surface area contributed by atoms with Crippen molar-refractivity contribution in [3.63, 3.8) is 0 Å². The van der Waals surface area contributed by atoms with E-state index >= 15 is 0 Å². The number of amides is 1. The van der Waals surface area contributed by atoms with Crippen LogP contribution in [0.4, 0.5) is 5.82 Å². The number of hydrogen-bond donors (Lipinski definition) is 1. The summed E-state index contributed by atoms with van der Waals surface area (Å²) in [7, 11) is 0. The number of aromatic nitrogens is 2. The molecule has 1 saturated heterocycles. The standard InChI is InChI=1S/C20H30N4O2S/c1-4-16-11-17-18(22-13-23-20(17)27-16)24-9-5-7-15(12-24)19(25)21-8-6-10-26-14(2)3/h11,13-15H,4-10,12H2,1-3H3,(H,21,25). The van der Waals surface area contributed by atoms with E-state index in [0.29, 0.717) is 13.2 Å².